The van der Waals surface area contributed by atoms with Gasteiger partial charge in [0.2, 0.25) is 0 Å². The van der Waals surface area contributed by atoms with E-state index >= 15 is 0 Å². The van der Waals surface area contributed by atoms with E-state index in [0.29, 0.717) is 17.1 Å². The molecule has 0 aliphatic heterocycles. The van der Waals surface area contributed by atoms with Crippen molar-refractivity contribution in [1.82, 2.24) is 20.5 Å². The van der Waals surface area contributed by atoms with Crippen molar-refractivity contribution in [1.29, 1.82) is 0 Å². The van der Waals surface area contributed by atoms with Crippen molar-refractivity contribution in [3.05, 3.63) is 23.5 Å². The highest BCUT2D eigenvalue weighted by atomic mass is 16.6. The summed E-state index contributed by atoms with van der Waals surface area (Å²) in [5.41, 5.74) is 8.06. The highest BCUT2D eigenvalue weighted by Crippen LogP contribution is 2.16. The average Bonchev–Trinajstić information content (AvgIpc) is 2.67. The van der Waals surface area contributed by atoms with Crippen molar-refractivity contribution in [2.45, 2.75) is 13.5 Å². The third-order valence-corrected chi connectivity index (χ3v) is 1.79. The molecule has 0 aliphatic carbocycles. The Kier molecular flexibility index (Phi) is 2.19. The first-order valence-electron chi connectivity index (χ1n) is 4.13. The summed E-state index contributed by atoms with van der Waals surface area (Å²) in [6, 6.07) is 3.65. The molecule has 2 N–H and O–H groups in total. The Labute approximate surface area is 80.1 Å². The Balaban J connectivity index is 2.44. The zero-order valence-electron chi connectivity index (χ0n) is 7.64. The lowest BCUT2D eigenvalue weighted by molar-refractivity contribution is 0.304. The van der Waals surface area contributed by atoms with Crippen LogP contribution in [-0.4, -0.2) is 20.5 Å². The van der Waals surface area contributed by atoms with Crippen LogP contribution in [0.5, 0.6) is 0 Å². The molecule has 0 amide bonds. The Morgan fingerprint density at radius 2 is 2.14 bits per heavy atom. The van der Waals surface area contributed by atoms with Gasteiger partial charge in [0, 0.05) is 6.54 Å². The summed E-state index contributed by atoms with van der Waals surface area (Å²) >= 11 is 0. The molecule has 0 bridgehead atoms. The summed E-state index contributed by atoms with van der Waals surface area (Å²) in [4.78, 5) is 0. The maximum atomic E-state index is 5.45. The molecule has 2 rings (SSSR count). The van der Waals surface area contributed by atoms with E-state index in [0.717, 1.165) is 5.69 Å². The second-order valence-electron chi connectivity index (χ2n) is 2.82. The van der Waals surface area contributed by atoms with Gasteiger partial charge in [-0.2, -0.15) is 5.10 Å². The monoisotopic (exact) mass is 191 g/mol. The first-order chi connectivity index (χ1) is 6.81. The van der Waals surface area contributed by atoms with Crippen LogP contribution in [0.1, 0.15) is 11.4 Å². The SMILES string of the molecule is Cc1ccc(-c2nonc2CN)nn1. The van der Waals surface area contributed by atoms with E-state index in [2.05, 4.69) is 25.1 Å². The summed E-state index contributed by atoms with van der Waals surface area (Å²) < 4.78 is 4.57. The lowest BCUT2D eigenvalue weighted by Crippen LogP contribution is -2.00. The smallest absolute Gasteiger partial charge is 0.159 e. The van der Waals surface area contributed by atoms with E-state index in [1.54, 1.807) is 6.07 Å². The van der Waals surface area contributed by atoms with Crippen LogP contribution in [0.3, 0.4) is 0 Å². The molecule has 72 valence electrons. The van der Waals surface area contributed by atoms with Crippen LogP contribution in [0.25, 0.3) is 11.4 Å². The third kappa shape index (κ3) is 1.47. The fourth-order valence-corrected chi connectivity index (χ4v) is 1.06. The van der Waals surface area contributed by atoms with Crippen molar-refractivity contribution in [2.75, 3.05) is 0 Å². The minimum atomic E-state index is 0.272. The van der Waals surface area contributed by atoms with E-state index in [1.165, 1.54) is 0 Å². The van der Waals surface area contributed by atoms with Gasteiger partial charge in [-0.05, 0) is 24.2 Å². The summed E-state index contributed by atoms with van der Waals surface area (Å²) in [5, 5.41) is 15.2. The van der Waals surface area contributed by atoms with Crippen molar-refractivity contribution >= 4 is 0 Å². The molecule has 6 nitrogen and oxygen atoms in total. The van der Waals surface area contributed by atoms with Gasteiger partial charge in [0.1, 0.15) is 11.4 Å². The Morgan fingerprint density at radius 3 is 2.79 bits per heavy atom. The van der Waals surface area contributed by atoms with Gasteiger partial charge in [-0.25, -0.2) is 4.63 Å². The van der Waals surface area contributed by atoms with Crippen molar-refractivity contribution < 1.29 is 4.63 Å². The fourth-order valence-electron chi connectivity index (χ4n) is 1.06. The first-order valence-corrected chi connectivity index (χ1v) is 4.13. The summed E-state index contributed by atoms with van der Waals surface area (Å²) in [7, 11) is 0. The normalized spacial score (nSPS) is 10.4. The molecular formula is C8H9N5O. The largest absolute Gasteiger partial charge is 0.325 e. The number of nitrogens with zero attached hydrogens (tertiary/aromatic N) is 4. The number of rotatable bonds is 2. The van der Waals surface area contributed by atoms with Crippen LogP contribution >= 0.6 is 0 Å². The number of hydrogen-bond acceptors (Lipinski definition) is 6. The Bertz CT molecular complexity index is 422. The third-order valence-electron chi connectivity index (χ3n) is 1.79. The number of nitrogens with two attached hydrogens (primary N) is 1. The second-order valence-corrected chi connectivity index (χ2v) is 2.82. The van der Waals surface area contributed by atoms with Gasteiger partial charge in [0.15, 0.2) is 5.69 Å². The Hall–Kier alpha value is -1.82. The summed E-state index contributed by atoms with van der Waals surface area (Å²) in [6.07, 6.45) is 0. The van der Waals surface area contributed by atoms with Gasteiger partial charge in [0.25, 0.3) is 0 Å². The second kappa shape index (κ2) is 3.51. The van der Waals surface area contributed by atoms with Crippen LogP contribution in [0, 0.1) is 6.92 Å². The molecule has 2 aromatic rings. The fraction of sp³-hybridized carbons (Fsp3) is 0.250. The molecule has 0 radical (unpaired) electrons. The summed E-state index contributed by atoms with van der Waals surface area (Å²) in [5.74, 6) is 0. The van der Waals surface area contributed by atoms with Crippen LogP contribution in [0.2, 0.25) is 0 Å². The van der Waals surface area contributed by atoms with Gasteiger partial charge in [-0.3, -0.25) is 0 Å². The molecule has 0 spiro atoms. The average molecular weight is 191 g/mol. The standard InChI is InChI=1S/C8H9N5O/c1-5-2-3-6(11-10-5)8-7(4-9)12-14-13-8/h2-3H,4,9H2,1H3. The van der Waals surface area contributed by atoms with Gasteiger partial charge < -0.3 is 5.73 Å². The predicted octanol–water partition coefficient (Wildman–Crippen LogP) is 0.294. The Morgan fingerprint density at radius 1 is 1.29 bits per heavy atom. The molecule has 0 atom stereocenters. The van der Waals surface area contributed by atoms with Gasteiger partial charge in [-0.1, -0.05) is 5.16 Å². The van der Waals surface area contributed by atoms with Crippen molar-refractivity contribution in [3.63, 3.8) is 0 Å². The van der Waals surface area contributed by atoms with Crippen LogP contribution in [-0.2, 0) is 6.54 Å². The lowest BCUT2D eigenvalue weighted by atomic mass is 10.2. The van der Waals surface area contributed by atoms with Crippen molar-refractivity contribution in [3.8, 4) is 11.4 Å². The summed E-state index contributed by atoms with van der Waals surface area (Å²) in [6.45, 7) is 2.13. The lowest BCUT2D eigenvalue weighted by Gasteiger charge is -1.95. The van der Waals surface area contributed by atoms with E-state index in [-0.39, 0.29) is 6.54 Å². The molecule has 0 fully saturated rings. The number of hydrogen-bond donors (Lipinski definition) is 1. The van der Waals surface area contributed by atoms with Gasteiger partial charge >= 0.3 is 0 Å². The molecule has 2 heterocycles. The first kappa shape index (κ1) is 8.76. The molecule has 0 saturated heterocycles. The highest BCUT2D eigenvalue weighted by Gasteiger charge is 2.11. The number of aryl methyl sites for hydroxylation is 1. The molecule has 14 heavy (non-hydrogen) atoms. The van der Waals surface area contributed by atoms with E-state index in [4.69, 9.17) is 5.73 Å². The predicted molar refractivity (Wildman–Crippen MR) is 48.0 cm³/mol. The van der Waals surface area contributed by atoms with Crippen LogP contribution in [0.15, 0.2) is 16.8 Å². The van der Waals surface area contributed by atoms with Crippen molar-refractivity contribution in [2.24, 2.45) is 5.73 Å². The number of aromatic nitrogens is 4. The van der Waals surface area contributed by atoms with Gasteiger partial charge in [-0.15, -0.1) is 5.10 Å². The molecule has 0 unspecified atom stereocenters. The minimum Gasteiger partial charge on any atom is -0.325 e. The molecule has 2 aromatic heterocycles. The molecular weight excluding hydrogens is 182 g/mol. The quantitative estimate of drug-likeness (QED) is 0.733. The maximum absolute atomic E-state index is 5.45. The highest BCUT2D eigenvalue weighted by molar-refractivity contribution is 5.55. The molecule has 0 aliphatic rings. The maximum Gasteiger partial charge on any atom is 0.159 e. The van der Waals surface area contributed by atoms with E-state index in [9.17, 15) is 0 Å². The van der Waals surface area contributed by atoms with E-state index in [1.807, 2.05) is 13.0 Å². The zero-order valence-corrected chi connectivity index (χ0v) is 7.64. The van der Waals surface area contributed by atoms with E-state index < -0.39 is 0 Å². The van der Waals surface area contributed by atoms with Crippen LogP contribution in [0.4, 0.5) is 0 Å². The van der Waals surface area contributed by atoms with Crippen LogP contribution < -0.4 is 5.73 Å². The molecule has 0 saturated carbocycles. The molecule has 0 aromatic carbocycles. The molecule has 6 heteroatoms. The van der Waals surface area contributed by atoms with Gasteiger partial charge in [0.05, 0.1) is 5.69 Å². The minimum absolute atomic E-state index is 0.272. The zero-order chi connectivity index (χ0) is 9.97. The topological polar surface area (TPSA) is 90.7 Å².